The average molecular weight is 292 g/mol. The number of aryl methyl sites for hydroxylation is 1. The van der Waals surface area contributed by atoms with Crippen molar-refractivity contribution in [1.82, 2.24) is 4.98 Å². The summed E-state index contributed by atoms with van der Waals surface area (Å²) in [6.45, 7) is 1.86. The highest BCUT2D eigenvalue weighted by molar-refractivity contribution is 7.13. The summed E-state index contributed by atoms with van der Waals surface area (Å²) in [4.78, 5) is 15.8. The van der Waals surface area contributed by atoms with Gasteiger partial charge in [0.2, 0.25) is 0 Å². The summed E-state index contributed by atoms with van der Waals surface area (Å²) in [7, 11) is 0. The molecule has 0 atom stereocenters. The van der Waals surface area contributed by atoms with Gasteiger partial charge >= 0.3 is 0 Å². The zero-order valence-electron chi connectivity index (χ0n) is 11.4. The van der Waals surface area contributed by atoms with Crippen molar-refractivity contribution in [2.45, 2.75) is 6.92 Å². The van der Waals surface area contributed by atoms with Crippen LogP contribution in [0.4, 0.5) is 0 Å². The minimum atomic E-state index is -0.335. The molecule has 0 radical (unpaired) electrons. The molecule has 1 aromatic carbocycles. The highest BCUT2D eigenvalue weighted by Crippen LogP contribution is 2.37. The van der Waals surface area contributed by atoms with Gasteiger partial charge in [0.15, 0.2) is 0 Å². The first-order valence-electron chi connectivity index (χ1n) is 6.48. The van der Waals surface area contributed by atoms with Gasteiger partial charge < -0.3 is 4.98 Å². The van der Waals surface area contributed by atoms with E-state index in [2.05, 4.69) is 11.1 Å². The number of thiophene rings is 1. The van der Waals surface area contributed by atoms with E-state index in [1.165, 1.54) is 11.3 Å². The lowest BCUT2D eigenvalue weighted by atomic mass is 9.94. The van der Waals surface area contributed by atoms with Crippen molar-refractivity contribution in [2.75, 3.05) is 0 Å². The number of nitrogens with zero attached hydrogens (tertiary/aromatic N) is 1. The lowest BCUT2D eigenvalue weighted by Gasteiger charge is -2.13. The van der Waals surface area contributed by atoms with Crippen molar-refractivity contribution in [3.63, 3.8) is 0 Å². The Morgan fingerprint density at radius 2 is 1.86 bits per heavy atom. The SMILES string of the molecule is Cc1[nH]c(=O)c(C#N)c(-c2cccs2)c1-c1ccccc1. The molecule has 0 fully saturated rings. The Morgan fingerprint density at radius 3 is 2.48 bits per heavy atom. The molecule has 2 heterocycles. The second-order valence-electron chi connectivity index (χ2n) is 4.66. The zero-order valence-corrected chi connectivity index (χ0v) is 12.2. The zero-order chi connectivity index (χ0) is 14.8. The summed E-state index contributed by atoms with van der Waals surface area (Å²) in [5.41, 5.74) is 3.23. The molecular weight excluding hydrogens is 280 g/mol. The molecule has 1 N–H and O–H groups in total. The van der Waals surface area contributed by atoms with Crippen LogP contribution in [0.5, 0.6) is 0 Å². The Labute approximate surface area is 126 Å². The molecule has 0 saturated heterocycles. The highest BCUT2D eigenvalue weighted by atomic mass is 32.1. The van der Waals surface area contributed by atoms with Gasteiger partial charge in [-0.3, -0.25) is 4.79 Å². The molecule has 3 nitrogen and oxygen atoms in total. The first-order valence-corrected chi connectivity index (χ1v) is 7.36. The van der Waals surface area contributed by atoms with Crippen LogP contribution in [0.25, 0.3) is 21.6 Å². The van der Waals surface area contributed by atoms with Crippen LogP contribution in [0.3, 0.4) is 0 Å². The molecule has 0 amide bonds. The van der Waals surface area contributed by atoms with E-state index in [-0.39, 0.29) is 11.1 Å². The third-order valence-corrected chi connectivity index (χ3v) is 4.23. The second-order valence-corrected chi connectivity index (χ2v) is 5.61. The molecule has 4 heteroatoms. The first kappa shape index (κ1) is 13.3. The Bertz CT molecular complexity index is 872. The van der Waals surface area contributed by atoms with Gasteiger partial charge in [0.1, 0.15) is 11.6 Å². The standard InChI is InChI=1S/C17H12N2OS/c1-11-15(12-6-3-2-4-7-12)16(14-8-5-9-21-14)13(10-18)17(20)19-11/h2-9H,1H3,(H,19,20). The third-order valence-electron chi connectivity index (χ3n) is 3.34. The lowest BCUT2D eigenvalue weighted by molar-refractivity contribution is 1.13. The van der Waals surface area contributed by atoms with Gasteiger partial charge in [-0.05, 0) is 23.9 Å². The summed E-state index contributed by atoms with van der Waals surface area (Å²) in [6, 6.07) is 15.7. The average Bonchev–Trinajstić information content (AvgIpc) is 3.01. The van der Waals surface area contributed by atoms with E-state index in [0.29, 0.717) is 0 Å². The molecule has 0 spiro atoms. The van der Waals surface area contributed by atoms with Crippen LogP contribution >= 0.6 is 11.3 Å². The Balaban J connectivity index is 2.45. The quantitative estimate of drug-likeness (QED) is 0.777. The number of aromatic nitrogens is 1. The minimum Gasteiger partial charge on any atom is -0.325 e. The largest absolute Gasteiger partial charge is 0.325 e. The van der Waals surface area contributed by atoms with Crippen molar-refractivity contribution >= 4 is 11.3 Å². The summed E-state index contributed by atoms with van der Waals surface area (Å²) in [5, 5.41) is 11.3. The normalized spacial score (nSPS) is 10.3. The van der Waals surface area contributed by atoms with E-state index in [1.807, 2.05) is 54.8 Å². The molecule has 21 heavy (non-hydrogen) atoms. The molecule has 102 valence electrons. The van der Waals surface area contributed by atoms with Crippen molar-refractivity contribution in [1.29, 1.82) is 5.26 Å². The van der Waals surface area contributed by atoms with Crippen LogP contribution in [0.1, 0.15) is 11.3 Å². The van der Waals surface area contributed by atoms with E-state index in [4.69, 9.17) is 0 Å². The van der Waals surface area contributed by atoms with Crippen LogP contribution in [0.2, 0.25) is 0 Å². The Morgan fingerprint density at radius 1 is 1.10 bits per heavy atom. The maximum absolute atomic E-state index is 12.1. The smallest absolute Gasteiger partial charge is 0.266 e. The highest BCUT2D eigenvalue weighted by Gasteiger charge is 2.19. The predicted octanol–water partition coefficient (Wildman–Crippen LogP) is 3.95. The maximum Gasteiger partial charge on any atom is 0.266 e. The molecule has 2 aromatic heterocycles. The fraction of sp³-hybridized carbons (Fsp3) is 0.0588. The number of pyridine rings is 1. The van der Waals surface area contributed by atoms with Crippen LogP contribution in [0, 0.1) is 18.3 Å². The molecule has 0 aliphatic rings. The molecule has 3 rings (SSSR count). The van der Waals surface area contributed by atoms with Crippen LogP contribution < -0.4 is 5.56 Å². The molecule has 3 aromatic rings. The van der Waals surface area contributed by atoms with Crippen molar-refractivity contribution < 1.29 is 0 Å². The van der Waals surface area contributed by atoms with Gasteiger partial charge in [-0.2, -0.15) is 5.26 Å². The fourth-order valence-electron chi connectivity index (χ4n) is 2.46. The van der Waals surface area contributed by atoms with E-state index in [0.717, 1.165) is 27.3 Å². The number of hydrogen-bond acceptors (Lipinski definition) is 3. The number of hydrogen-bond donors (Lipinski definition) is 1. The Kier molecular flexibility index (Phi) is 3.43. The summed E-state index contributed by atoms with van der Waals surface area (Å²) < 4.78 is 0. The van der Waals surface area contributed by atoms with Crippen molar-refractivity contribution in [2.24, 2.45) is 0 Å². The van der Waals surface area contributed by atoms with Crippen LogP contribution in [0.15, 0.2) is 52.6 Å². The monoisotopic (exact) mass is 292 g/mol. The third kappa shape index (κ3) is 2.28. The second kappa shape index (κ2) is 5.39. The van der Waals surface area contributed by atoms with Gasteiger partial charge in [0.25, 0.3) is 5.56 Å². The minimum absolute atomic E-state index is 0.168. The van der Waals surface area contributed by atoms with Gasteiger partial charge in [0.05, 0.1) is 0 Å². The van der Waals surface area contributed by atoms with Crippen molar-refractivity contribution in [3.05, 3.63) is 69.5 Å². The number of H-pyrrole nitrogens is 1. The topological polar surface area (TPSA) is 56.6 Å². The number of aromatic amines is 1. The predicted molar refractivity (Wildman–Crippen MR) is 85.3 cm³/mol. The summed E-state index contributed by atoms with van der Waals surface area (Å²) in [5.74, 6) is 0. The number of benzene rings is 1. The van der Waals surface area contributed by atoms with Gasteiger partial charge in [0, 0.05) is 21.7 Å². The van der Waals surface area contributed by atoms with E-state index in [9.17, 15) is 10.1 Å². The molecular formula is C17H12N2OS. The van der Waals surface area contributed by atoms with Gasteiger partial charge in [-0.1, -0.05) is 36.4 Å². The number of nitrogens with one attached hydrogen (secondary N) is 1. The maximum atomic E-state index is 12.1. The molecule has 0 saturated carbocycles. The molecule has 0 unspecified atom stereocenters. The van der Waals surface area contributed by atoms with Gasteiger partial charge in [-0.25, -0.2) is 0 Å². The lowest BCUT2D eigenvalue weighted by Crippen LogP contribution is -2.14. The molecule has 0 bridgehead atoms. The summed E-state index contributed by atoms with van der Waals surface area (Å²) in [6.07, 6.45) is 0. The van der Waals surface area contributed by atoms with E-state index < -0.39 is 0 Å². The Hall–Kier alpha value is -2.64. The number of nitriles is 1. The fourth-order valence-corrected chi connectivity index (χ4v) is 3.24. The first-order chi connectivity index (χ1) is 10.2. The number of rotatable bonds is 2. The molecule has 0 aliphatic carbocycles. The van der Waals surface area contributed by atoms with E-state index >= 15 is 0 Å². The van der Waals surface area contributed by atoms with Crippen molar-refractivity contribution in [3.8, 4) is 27.6 Å². The summed E-state index contributed by atoms with van der Waals surface area (Å²) >= 11 is 1.53. The molecule has 0 aliphatic heterocycles. The van der Waals surface area contributed by atoms with Gasteiger partial charge in [-0.15, -0.1) is 11.3 Å². The van der Waals surface area contributed by atoms with E-state index in [1.54, 1.807) is 0 Å². The van der Waals surface area contributed by atoms with Crippen LogP contribution in [-0.4, -0.2) is 4.98 Å². The van der Waals surface area contributed by atoms with Crippen LogP contribution in [-0.2, 0) is 0 Å².